The van der Waals surface area contributed by atoms with E-state index in [1.807, 2.05) is 0 Å². The van der Waals surface area contributed by atoms with E-state index in [9.17, 15) is 14.9 Å². The average Bonchev–Trinajstić information content (AvgIpc) is 2.61. The van der Waals surface area contributed by atoms with Gasteiger partial charge in [-0.05, 0) is 25.2 Å². The van der Waals surface area contributed by atoms with Crippen molar-refractivity contribution in [2.45, 2.75) is 110 Å². The molecule has 0 fully saturated rings. The van der Waals surface area contributed by atoms with E-state index in [4.69, 9.17) is 4.84 Å². The van der Waals surface area contributed by atoms with Gasteiger partial charge in [0, 0.05) is 6.42 Å². The lowest BCUT2D eigenvalue weighted by Gasteiger charge is -2.22. The number of hydrogen-bond acceptors (Lipinski definition) is 5. The third-order valence-electron chi connectivity index (χ3n) is 4.97. The van der Waals surface area contributed by atoms with Gasteiger partial charge in [-0.2, -0.15) is 0 Å². The molecule has 0 saturated heterocycles. The SMILES string of the molecule is CCCCCCCCC(O[N+](=O)[O-])C(C)CCCCCCCC(=O)OC. The van der Waals surface area contributed by atoms with Gasteiger partial charge in [-0.3, -0.25) is 4.79 Å². The molecule has 0 amide bonds. The van der Waals surface area contributed by atoms with E-state index in [-0.39, 0.29) is 18.0 Å². The normalized spacial score (nSPS) is 13.2. The highest BCUT2D eigenvalue weighted by atomic mass is 17.0. The van der Waals surface area contributed by atoms with Gasteiger partial charge in [0.1, 0.15) is 6.10 Å². The Morgan fingerprint density at radius 3 is 2.04 bits per heavy atom. The third kappa shape index (κ3) is 15.0. The van der Waals surface area contributed by atoms with E-state index in [0.29, 0.717) is 6.42 Å². The number of unbranched alkanes of at least 4 members (excludes halogenated alkanes) is 9. The minimum absolute atomic E-state index is 0.145. The summed E-state index contributed by atoms with van der Waals surface area (Å²) in [6.45, 7) is 4.25. The molecule has 0 aromatic carbocycles. The number of hydrogen-bond donors (Lipinski definition) is 0. The third-order valence-corrected chi connectivity index (χ3v) is 4.97. The van der Waals surface area contributed by atoms with E-state index < -0.39 is 5.09 Å². The summed E-state index contributed by atoms with van der Waals surface area (Å²) in [7, 11) is 1.42. The summed E-state index contributed by atoms with van der Waals surface area (Å²) in [5.41, 5.74) is 0. The molecule has 0 radical (unpaired) electrons. The average molecular weight is 374 g/mol. The van der Waals surface area contributed by atoms with E-state index in [1.54, 1.807) is 0 Å². The fourth-order valence-electron chi connectivity index (χ4n) is 3.23. The molecule has 0 bridgehead atoms. The molecule has 6 nitrogen and oxygen atoms in total. The Bertz CT molecular complexity index is 362. The summed E-state index contributed by atoms with van der Waals surface area (Å²) in [6, 6.07) is 0. The Morgan fingerprint density at radius 2 is 1.46 bits per heavy atom. The first-order chi connectivity index (χ1) is 12.5. The van der Waals surface area contributed by atoms with Gasteiger partial charge in [0.15, 0.2) is 0 Å². The quantitative estimate of drug-likeness (QED) is 0.130. The summed E-state index contributed by atoms with van der Waals surface area (Å²) in [6.07, 6.45) is 14.1. The zero-order chi connectivity index (χ0) is 19.6. The van der Waals surface area contributed by atoms with Crippen LogP contribution in [0, 0.1) is 16.0 Å². The second-order valence-electron chi connectivity index (χ2n) is 7.28. The van der Waals surface area contributed by atoms with Crippen LogP contribution in [0.3, 0.4) is 0 Å². The number of carbonyl (C=O) groups excluding carboxylic acids is 1. The van der Waals surface area contributed by atoms with Crippen LogP contribution in [0.5, 0.6) is 0 Å². The van der Waals surface area contributed by atoms with Gasteiger partial charge in [-0.15, -0.1) is 10.1 Å². The second kappa shape index (κ2) is 17.1. The zero-order valence-corrected chi connectivity index (χ0v) is 17.0. The first kappa shape index (κ1) is 24.7. The molecule has 0 saturated carbocycles. The monoisotopic (exact) mass is 373 g/mol. The van der Waals surface area contributed by atoms with E-state index in [1.165, 1.54) is 32.8 Å². The summed E-state index contributed by atoms with van der Waals surface area (Å²) < 4.78 is 4.62. The molecule has 2 unspecified atom stereocenters. The van der Waals surface area contributed by atoms with Crippen molar-refractivity contribution in [1.82, 2.24) is 0 Å². The van der Waals surface area contributed by atoms with Crippen molar-refractivity contribution in [2.24, 2.45) is 5.92 Å². The first-order valence-electron chi connectivity index (χ1n) is 10.4. The maximum atomic E-state index is 11.0. The van der Waals surface area contributed by atoms with E-state index in [2.05, 4.69) is 18.6 Å². The van der Waals surface area contributed by atoms with Gasteiger partial charge in [0.25, 0.3) is 5.09 Å². The summed E-state index contributed by atoms with van der Waals surface area (Å²) in [5, 5.41) is 10.1. The first-order valence-corrected chi connectivity index (χ1v) is 10.4. The Hall–Kier alpha value is -1.33. The number of ether oxygens (including phenoxy) is 1. The van der Waals surface area contributed by atoms with Gasteiger partial charge in [-0.1, -0.05) is 78.1 Å². The van der Waals surface area contributed by atoms with Crippen LogP contribution in [0.15, 0.2) is 0 Å². The molecule has 0 aliphatic rings. The minimum atomic E-state index is -0.634. The highest BCUT2D eigenvalue weighted by molar-refractivity contribution is 5.68. The molecule has 0 N–H and O–H groups in total. The Balaban J connectivity index is 3.87. The van der Waals surface area contributed by atoms with E-state index >= 15 is 0 Å². The van der Waals surface area contributed by atoms with Crippen LogP contribution in [0.2, 0.25) is 0 Å². The number of methoxy groups -OCH3 is 1. The molecule has 154 valence electrons. The predicted molar refractivity (Wildman–Crippen MR) is 103 cm³/mol. The fourth-order valence-corrected chi connectivity index (χ4v) is 3.23. The Morgan fingerprint density at radius 1 is 0.923 bits per heavy atom. The predicted octanol–water partition coefficient (Wildman–Crippen LogP) is 5.85. The van der Waals surface area contributed by atoms with Crippen molar-refractivity contribution in [3.63, 3.8) is 0 Å². The smallest absolute Gasteiger partial charge is 0.305 e. The zero-order valence-electron chi connectivity index (χ0n) is 17.0. The standard InChI is InChI=1S/C20H39NO5/c1-4-5-6-7-10-13-16-19(26-21(23)24)18(2)15-12-9-8-11-14-17-20(22)25-3/h18-19H,4-17H2,1-3H3. The van der Waals surface area contributed by atoms with Crippen LogP contribution in [0.25, 0.3) is 0 Å². The largest absolute Gasteiger partial charge is 0.469 e. The molecule has 6 heteroatoms. The van der Waals surface area contributed by atoms with Crippen molar-refractivity contribution in [3.05, 3.63) is 10.1 Å². The van der Waals surface area contributed by atoms with Crippen molar-refractivity contribution in [2.75, 3.05) is 7.11 Å². The van der Waals surface area contributed by atoms with Crippen LogP contribution in [-0.2, 0) is 14.4 Å². The summed E-state index contributed by atoms with van der Waals surface area (Å²) in [4.78, 5) is 26.7. The van der Waals surface area contributed by atoms with Gasteiger partial charge >= 0.3 is 5.97 Å². The fraction of sp³-hybridized carbons (Fsp3) is 0.950. The molecule has 0 heterocycles. The van der Waals surface area contributed by atoms with Gasteiger partial charge in [0.05, 0.1) is 7.11 Å². The van der Waals surface area contributed by atoms with E-state index in [0.717, 1.165) is 57.8 Å². The minimum Gasteiger partial charge on any atom is -0.469 e. The van der Waals surface area contributed by atoms with Crippen LogP contribution in [-0.4, -0.2) is 24.3 Å². The number of nitrogens with zero attached hydrogens (tertiary/aromatic N) is 1. The Kier molecular flexibility index (Phi) is 16.2. The molecule has 0 aromatic heterocycles. The molecule has 0 aliphatic carbocycles. The van der Waals surface area contributed by atoms with Crippen LogP contribution < -0.4 is 0 Å². The maximum Gasteiger partial charge on any atom is 0.305 e. The topological polar surface area (TPSA) is 78.7 Å². The lowest BCUT2D eigenvalue weighted by Crippen LogP contribution is -2.25. The van der Waals surface area contributed by atoms with Gasteiger partial charge < -0.3 is 9.57 Å². The molecule has 26 heavy (non-hydrogen) atoms. The lowest BCUT2D eigenvalue weighted by molar-refractivity contribution is -0.770. The molecule has 0 aromatic rings. The van der Waals surface area contributed by atoms with Crippen molar-refractivity contribution >= 4 is 5.97 Å². The number of esters is 1. The van der Waals surface area contributed by atoms with Crippen molar-refractivity contribution < 1.29 is 19.5 Å². The van der Waals surface area contributed by atoms with Crippen LogP contribution >= 0.6 is 0 Å². The van der Waals surface area contributed by atoms with Crippen molar-refractivity contribution in [3.8, 4) is 0 Å². The van der Waals surface area contributed by atoms with Gasteiger partial charge in [-0.25, -0.2) is 0 Å². The number of rotatable bonds is 18. The summed E-state index contributed by atoms with van der Waals surface area (Å²) in [5.74, 6) is 0.0548. The maximum absolute atomic E-state index is 11.0. The lowest BCUT2D eigenvalue weighted by atomic mass is 9.93. The molecule has 0 spiro atoms. The highest BCUT2D eigenvalue weighted by Crippen LogP contribution is 2.22. The molecule has 2 atom stereocenters. The van der Waals surface area contributed by atoms with Gasteiger partial charge in [0.2, 0.25) is 0 Å². The second-order valence-corrected chi connectivity index (χ2v) is 7.28. The Labute approximate surface area is 159 Å². The van der Waals surface area contributed by atoms with Crippen molar-refractivity contribution in [1.29, 1.82) is 0 Å². The highest BCUT2D eigenvalue weighted by Gasteiger charge is 2.20. The van der Waals surface area contributed by atoms with Crippen LogP contribution in [0.1, 0.15) is 104 Å². The molecule has 0 rings (SSSR count). The van der Waals surface area contributed by atoms with Crippen LogP contribution in [0.4, 0.5) is 0 Å². The summed E-state index contributed by atoms with van der Waals surface area (Å²) >= 11 is 0. The molecule has 0 aliphatic heterocycles. The molecular formula is C20H39NO5. The molecular weight excluding hydrogens is 334 g/mol. The number of carbonyl (C=O) groups is 1.